The predicted octanol–water partition coefficient (Wildman–Crippen LogP) is 4.01. The number of benzene rings is 2. The van der Waals surface area contributed by atoms with E-state index in [-0.39, 0.29) is 11.4 Å². The Labute approximate surface area is 189 Å². The fraction of sp³-hybridized carbons (Fsp3) is 0.308. The summed E-state index contributed by atoms with van der Waals surface area (Å²) in [6.45, 7) is 6.90. The van der Waals surface area contributed by atoms with Crippen molar-refractivity contribution in [3.63, 3.8) is 0 Å². The SMILES string of the molecule is CCN(CC)CCN1C(=O)C(O)=C(C(=O)/C=C/c2ccccc2)[C@@H]1c1ccc(OC)cc1. The van der Waals surface area contributed by atoms with Gasteiger partial charge in [0.1, 0.15) is 5.75 Å². The van der Waals surface area contributed by atoms with Crippen LogP contribution in [0.25, 0.3) is 6.08 Å². The van der Waals surface area contributed by atoms with Gasteiger partial charge in [0, 0.05) is 13.1 Å². The van der Waals surface area contributed by atoms with E-state index >= 15 is 0 Å². The van der Waals surface area contributed by atoms with Crippen molar-refractivity contribution in [2.45, 2.75) is 19.9 Å². The van der Waals surface area contributed by atoms with Gasteiger partial charge in [0.15, 0.2) is 11.5 Å². The van der Waals surface area contributed by atoms with Crippen LogP contribution in [0.3, 0.4) is 0 Å². The average Bonchev–Trinajstić information content (AvgIpc) is 3.09. The second-order valence-electron chi connectivity index (χ2n) is 7.57. The van der Waals surface area contributed by atoms with Crippen LogP contribution in [0, 0.1) is 0 Å². The number of amides is 1. The second-order valence-corrected chi connectivity index (χ2v) is 7.57. The van der Waals surface area contributed by atoms with Crippen molar-refractivity contribution >= 4 is 17.8 Å². The molecule has 0 aliphatic carbocycles. The van der Waals surface area contributed by atoms with Gasteiger partial charge >= 0.3 is 0 Å². The van der Waals surface area contributed by atoms with Crippen LogP contribution < -0.4 is 4.74 Å². The molecule has 0 radical (unpaired) electrons. The number of hydrogen-bond donors (Lipinski definition) is 1. The van der Waals surface area contributed by atoms with Crippen LogP contribution in [0.4, 0.5) is 0 Å². The first-order valence-electron chi connectivity index (χ1n) is 10.9. The lowest BCUT2D eigenvalue weighted by Crippen LogP contribution is -2.38. The van der Waals surface area contributed by atoms with E-state index in [4.69, 9.17) is 4.74 Å². The molecule has 32 heavy (non-hydrogen) atoms. The summed E-state index contributed by atoms with van der Waals surface area (Å²) in [5, 5.41) is 10.7. The Bertz CT molecular complexity index is 992. The molecule has 0 spiro atoms. The number of carbonyl (C=O) groups is 2. The van der Waals surface area contributed by atoms with Crippen LogP contribution in [0.5, 0.6) is 5.75 Å². The van der Waals surface area contributed by atoms with Crippen molar-refractivity contribution in [1.29, 1.82) is 0 Å². The van der Waals surface area contributed by atoms with Gasteiger partial charge in [-0.25, -0.2) is 0 Å². The molecular formula is C26H30N2O4. The minimum Gasteiger partial charge on any atom is -0.503 e. The zero-order valence-corrected chi connectivity index (χ0v) is 18.8. The van der Waals surface area contributed by atoms with Gasteiger partial charge in [0.25, 0.3) is 5.91 Å². The minimum absolute atomic E-state index is 0.104. The number of aliphatic hydroxyl groups excluding tert-OH is 1. The number of carbonyl (C=O) groups excluding carboxylic acids is 2. The highest BCUT2D eigenvalue weighted by Gasteiger charge is 2.42. The number of ketones is 1. The third-order valence-corrected chi connectivity index (χ3v) is 5.78. The number of hydrogen-bond acceptors (Lipinski definition) is 5. The van der Waals surface area contributed by atoms with Crippen LogP contribution >= 0.6 is 0 Å². The maximum atomic E-state index is 13.2. The van der Waals surface area contributed by atoms with Crippen molar-refractivity contribution in [3.05, 3.63) is 83.1 Å². The van der Waals surface area contributed by atoms with Gasteiger partial charge in [0.05, 0.1) is 18.7 Å². The van der Waals surface area contributed by atoms with Crippen LogP contribution in [0.2, 0.25) is 0 Å². The van der Waals surface area contributed by atoms with Gasteiger partial charge in [-0.15, -0.1) is 0 Å². The third-order valence-electron chi connectivity index (χ3n) is 5.78. The summed E-state index contributed by atoms with van der Waals surface area (Å²) < 4.78 is 5.24. The molecular weight excluding hydrogens is 404 g/mol. The van der Waals surface area contributed by atoms with Gasteiger partial charge in [-0.2, -0.15) is 0 Å². The summed E-state index contributed by atoms with van der Waals surface area (Å²) in [4.78, 5) is 29.9. The molecule has 2 aromatic rings. The highest BCUT2D eigenvalue weighted by Crippen LogP contribution is 2.38. The third kappa shape index (κ3) is 5.08. The number of nitrogens with zero attached hydrogens (tertiary/aromatic N) is 2. The summed E-state index contributed by atoms with van der Waals surface area (Å²) in [6, 6.07) is 16.0. The van der Waals surface area contributed by atoms with Crippen LogP contribution in [-0.4, -0.2) is 59.9 Å². The summed E-state index contributed by atoms with van der Waals surface area (Å²) in [5.41, 5.74) is 1.72. The van der Waals surface area contributed by atoms with Crippen molar-refractivity contribution in [2.24, 2.45) is 0 Å². The fourth-order valence-electron chi connectivity index (χ4n) is 3.88. The summed E-state index contributed by atoms with van der Waals surface area (Å²) in [5.74, 6) is -0.703. The van der Waals surface area contributed by atoms with Crippen molar-refractivity contribution in [1.82, 2.24) is 9.80 Å². The van der Waals surface area contributed by atoms with E-state index in [1.807, 2.05) is 42.5 Å². The molecule has 1 amide bonds. The molecule has 2 aromatic carbocycles. The number of aliphatic hydroxyl groups is 1. The van der Waals surface area contributed by atoms with E-state index in [0.717, 1.165) is 24.2 Å². The number of ether oxygens (including phenoxy) is 1. The molecule has 0 aromatic heterocycles. The first-order chi connectivity index (χ1) is 15.5. The zero-order valence-electron chi connectivity index (χ0n) is 18.8. The average molecular weight is 435 g/mol. The van der Waals surface area contributed by atoms with Gasteiger partial charge in [0.2, 0.25) is 0 Å². The zero-order chi connectivity index (χ0) is 23.1. The quantitative estimate of drug-likeness (QED) is 0.572. The summed E-state index contributed by atoms with van der Waals surface area (Å²) >= 11 is 0. The van der Waals surface area contributed by atoms with Gasteiger partial charge < -0.3 is 19.6 Å². The Kier molecular flexibility index (Phi) is 7.84. The van der Waals surface area contributed by atoms with E-state index in [2.05, 4.69) is 18.7 Å². The molecule has 0 bridgehead atoms. The lowest BCUT2D eigenvalue weighted by atomic mass is 9.95. The molecule has 1 aliphatic rings. The monoisotopic (exact) mass is 434 g/mol. The first kappa shape index (κ1) is 23.3. The lowest BCUT2D eigenvalue weighted by Gasteiger charge is -2.29. The first-order valence-corrected chi connectivity index (χ1v) is 10.9. The lowest BCUT2D eigenvalue weighted by molar-refractivity contribution is -0.129. The molecule has 1 heterocycles. The number of likely N-dealkylation sites (N-methyl/N-ethyl adjacent to an activating group) is 1. The predicted molar refractivity (Wildman–Crippen MR) is 125 cm³/mol. The topological polar surface area (TPSA) is 70.1 Å². The Morgan fingerprint density at radius 3 is 2.34 bits per heavy atom. The van der Waals surface area contributed by atoms with E-state index in [1.54, 1.807) is 30.2 Å². The molecule has 0 saturated carbocycles. The van der Waals surface area contributed by atoms with Gasteiger partial charge in [-0.1, -0.05) is 62.4 Å². The smallest absolute Gasteiger partial charge is 0.290 e. The molecule has 0 unspecified atom stereocenters. The van der Waals surface area contributed by atoms with Crippen molar-refractivity contribution < 1.29 is 19.4 Å². The fourth-order valence-corrected chi connectivity index (χ4v) is 3.88. The molecule has 1 aliphatic heterocycles. The van der Waals surface area contributed by atoms with Crippen molar-refractivity contribution in [3.8, 4) is 5.75 Å². The van der Waals surface area contributed by atoms with Crippen LogP contribution in [0.15, 0.2) is 72.0 Å². The molecule has 0 saturated heterocycles. The number of methoxy groups -OCH3 is 1. The molecule has 168 valence electrons. The Hall–Kier alpha value is -3.38. The summed E-state index contributed by atoms with van der Waals surface area (Å²) in [6.07, 6.45) is 3.11. The molecule has 1 atom stereocenters. The van der Waals surface area contributed by atoms with Crippen LogP contribution in [-0.2, 0) is 9.59 Å². The highest BCUT2D eigenvalue weighted by atomic mass is 16.5. The second kappa shape index (κ2) is 10.8. The minimum atomic E-state index is -0.656. The maximum Gasteiger partial charge on any atom is 0.290 e. The van der Waals surface area contributed by atoms with E-state index < -0.39 is 17.7 Å². The normalized spacial score (nSPS) is 16.4. The maximum absolute atomic E-state index is 13.2. The highest BCUT2D eigenvalue weighted by molar-refractivity contribution is 6.14. The molecule has 0 fully saturated rings. The van der Waals surface area contributed by atoms with E-state index in [0.29, 0.717) is 18.8 Å². The standard InChI is InChI=1S/C26H30N2O4/c1-4-27(5-2)17-18-28-24(20-12-14-21(32-3)15-13-20)23(25(30)26(28)31)22(29)16-11-19-9-7-6-8-10-19/h6-16,24,30H,4-5,17-18H2,1-3H3/b16-11+/t24-/m0/s1. The van der Waals surface area contributed by atoms with Gasteiger partial charge in [-0.05, 0) is 42.4 Å². The summed E-state index contributed by atoms with van der Waals surface area (Å²) in [7, 11) is 1.58. The molecule has 6 heteroatoms. The Morgan fingerprint density at radius 2 is 1.75 bits per heavy atom. The molecule has 1 N–H and O–H groups in total. The largest absolute Gasteiger partial charge is 0.503 e. The van der Waals surface area contributed by atoms with Crippen LogP contribution in [0.1, 0.15) is 31.0 Å². The molecule has 6 nitrogen and oxygen atoms in total. The number of allylic oxidation sites excluding steroid dienone is 1. The molecule has 3 rings (SSSR count). The Morgan fingerprint density at radius 1 is 1.09 bits per heavy atom. The van der Waals surface area contributed by atoms with E-state index in [1.165, 1.54) is 6.08 Å². The van der Waals surface area contributed by atoms with E-state index in [9.17, 15) is 14.7 Å². The van der Waals surface area contributed by atoms with Gasteiger partial charge in [-0.3, -0.25) is 9.59 Å². The van der Waals surface area contributed by atoms with Crippen molar-refractivity contribution in [2.75, 3.05) is 33.3 Å². The Balaban J connectivity index is 1.95. The number of rotatable bonds is 10.